The number of hydrogen-bond donors (Lipinski definition) is 1. The molecule has 1 N–H and O–H groups in total. The number of H-pyrrole nitrogens is 1. The summed E-state index contributed by atoms with van der Waals surface area (Å²) >= 11 is 0. The van der Waals surface area contributed by atoms with Crippen LogP contribution >= 0.6 is 0 Å². The van der Waals surface area contributed by atoms with Crippen LogP contribution in [-0.2, 0) is 4.79 Å². The predicted octanol–water partition coefficient (Wildman–Crippen LogP) is 1.72. The number of nitrogens with zero attached hydrogens (tertiary/aromatic N) is 1. The second-order valence-electron chi connectivity index (χ2n) is 3.44. The van der Waals surface area contributed by atoms with Gasteiger partial charge >= 0.3 is 0 Å². The normalized spacial score (nSPS) is 10.5. The smallest absolute Gasteiger partial charge is 0.170 e. The Morgan fingerprint density at radius 3 is 2.93 bits per heavy atom. The molecule has 4 heteroatoms. The zero-order valence-corrected chi connectivity index (χ0v) is 8.28. The Balaban J connectivity index is 2.35. The largest absolute Gasteiger partial charge is 0.345 e. The van der Waals surface area contributed by atoms with Gasteiger partial charge in [-0.15, -0.1) is 0 Å². The summed E-state index contributed by atoms with van der Waals surface area (Å²) < 4.78 is 0. The summed E-state index contributed by atoms with van der Waals surface area (Å²) in [5, 5.41) is 0. The third kappa shape index (κ3) is 1.93. The van der Waals surface area contributed by atoms with Gasteiger partial charge in [-0.05, 0) is 25.1 Å². The van der Waals surface area contributed by atoms with Gasteiger partial charge in [-0.1, -0.05) is 0 Å². The highest BCUT2D eigenvalue weighted by Crippen LogP contribution is 2.13. The first kappa shape index (κ1) is 9.58. The van der Waals surface area contributed by atoms with Gasteiger partial charge in [0, 0.05) is 5.56 Å². The molecule has 0 spiro atoms. The molecule has 4 nitrogen and oxygen atoms in total. The average molecular weight is 202 g/mol. The van der Waals surface area contributed by atoms with Crippen LogP contribution in [0.5, 0.6) is 0 Å². The van der Waals surface area contributed by atoms with Crippen molar-refractivity contribution in [3.8, 4) is 0 Å². The number of ketones is 2. The number of aromatic amines is 1. The first-order chi connectivity index (χ1) is 7.16. The van der Waals surface area contributed by atoms with Crippen LogP contribution in [0.25, 0.3) is 11.0 Å². The van der Waals surface area contributed by atoms with Crippen molar-refractivity contribution >= 4 is 22.6 Å². The van der Waals surface area contributed by atoms with Crippen LogP contribution in [0, 0.1) is 0 Å². The van der Waals surface area contributed by atoms with Gasteiger partial charge in [-0.3, -0.25) is 9.59 Å². The van der Waals surface area contributed by atoms with Crippen molar-refractivity contribution < 1.29 is 9.59 Å². The fourth-order valence-corrected chi connectivity index (χ4v) is 1.44. The first-order valence-corrected chi connectivity index (χ1v) is 4.62. The highest BCUT2D eigenvalue weighted by Gasteiger charge is 2.09. The van der Waals surface area contributed by atoms with Crippen LogP contribution in [0.2, 0.25) is 0 Å². The van der Waals surface area contributed by atoms with Crippen molar-refractivity contribution in [2.45, 2.75) is 13.3 Å². The second kappa shape index (κ2) is 3.65. The van der Waals surface area contributed by atoms with E-state index in [1.807, 2.05) is 0 Å². The van der Waals surface area contributed by atoms with Crippen LogP contribution in [0.15, 0.2) is 24.5 Å². The maximum Gasteiger partial charge on any atom is 0.170 e. The van der Waals surface area contributed by atoms with Gasteiger partial charge in [-0.25, -0.2) is 4.98 Å². The molecule has 0 amide bonds. The molecule has 0 bridgehead atoms. The molecule has 1 heterocycles. The Hall–Kier alpha value is -1.97. The van der Waals surface area contributed by atoms with Crippen molar-refractivity contribution in [1.82, 2.24) is 9.97 Å². The first-order valence-electron chi connectivity index (χ1n) is 4.62. The van der Waals surface area contributed by atoms with Crippen LogP contribution < -0.4 is 0 Å². The highest BCUT2D eigenvalue weighted by atomic mass is 16.1. The Morgan fingerprint density at radius 1 is 1.40 bits per heavy atom. The second-order valence-corrected chi connectivity index (χ2v) is 3.44. The minimum Gasteiger partial charge on any atom is -0.345 e. The number of aromatic nitrogens is 2. The fourth-order valence-electron chi connectivity index (χ4n) is 1.44. The molecule has 0 atom stereocenters. The summed E-state index contributed by atoms with van der Waals surface area (Å²) in [6, 6.07) is 5.17. The quantitative estimate of drug-likeness (QED) is 0.609. The average Bonchev–Trinajstić information content (AvgIpc) is 2.62. The number of imidazole rings is 1. The summed E-state index contributed by atoms with van der Waals surface area (Å²) in [7, 11) is 0. The Morgan fingerprint density at radius 2 is 2.20 bits per heavy atom. The Labute approximate surface area is 86.3 Å². The minimum atomic E-state index is -0.154. The number of rotatable bonds is 3. The van der Waals surface area contributed by atoms with Crippen molar-refractivity contribution in [2.24, 2.45) is 0 Å². The van der Waals surface area contributed by atoms with Crippen molar-refractivity contribution in [1.29, 1.82) is 0 Å². The van der Waals surface area contributed by atoms with E-state index in [0.717, 1.165) is 11.0 Å². The molecule has 1 aromatic heterocycles. The SMILES string of the molecule is CC(=O)CC(=O)c1ccc2nc[nH]c2c1. The van der Waals surface area contributed by atoms with Gasteiger partial charge in [0.25, 0.3) is 0 Å². The third-order valence-corrected chi connectivity index (χ3v) is 2.15. The molecule has 76 valence electrons. The molecule has 0 saturated heterocycles. The fraction of sp³-hybridized carbons (Fsp3) is 0.182. The van der Waals surface area contributed by atoms with Gasteiger partial charge in [0.2, 0.25) is 0 Å². The Bertz CT molecular complexity index is 528. The molecule has 15 heavy (non-hydrogen) atoms. The van der Waals surface area contributed by atoms with E-state index in [2.05, 4.69) is 9.97 Å². The molecular formula is C11H10N2O2. The molecule has 0 saturated carbocycles. The molecule has 2 aromatic rings. The number of nitrogens with one attached hydrogen (secondary N) is 1. The van der Waals surface area contributed by atoms with Gasteiger partial charge < -0.3 is 4.98 Å². The number of carbonyl (C=O) groups excluding carboxylic acids is 2. The zero-order valence-electron chi connectivity index (χ0n) is 8.28. The Kier molecular flexibility index (Phi) is 2.33. The van der Waals surface area contributed by atoms with Crippen LogP contribution in [-0.4, -0.2) is 21.5 Å². The maximum atomic E-state index is 11.6. The summed E-state index contributed by atoms with van der Waals surface area (Å²) in [5.41, 5.74) is 2.17. The summed E-state index contributed by atoms with van der Waals surface area (Å²) in [4.78, 5) is 29.3. The van der Waals surface area contributed by atoms with Gasteiger partial charge in [-0.2, -0.15) is 0 Å². The maximum absolute atomic E-state index is 11.6. The predicted molar refractivity (Wildman–Crippen MR) is 55.7 cm³/mol. The molecule has 1 aromatic carbocycles. The number of carbonyl (C=O) groups is 2. The van der Waals surface area contributed by atoms with Crippen LogP contribution in [0.3, 0.4) is 0 Å². The highest BCUT2D eigenvalue weighted by molar-refractivity contribution is 6.08. The zero-order chi connectivity index (χ0) is 10.8. The van der Waals surface area contributed by atoms with E-state index >= 15 is 0 Å². The lowest BCUT2D eigenvalue weighted by Crippen LogP contribution is -2.04. The van der Waals surface area contributed by atoms with Gasteiger partial charge in [0.05, 0.1) is 23.8 Å². The molecule has 0 aliphatic heterocycles. The van der Waals surface area contributed by atoms with E-state index in [-0.39, 0.29) is 18.0 Å². The monoisotopic (exact) mass is 202 g/mol. The minimum absolute atomic E-state index is 0.0420. The lowest BCUT2D eigenvalue weighted by Gasteiger charge is -1.98. The molecule has 0 radical (unpaired) electrons. The third-order valence-electron chi connectivity index (χ3n) is 2.15. The molecule has 0 aliphatic carbocycles. The van der Waals surface area contributed by atoms with E-state index in [0.29, 0.717) is 5.56 Å². The van der Waals surface area contributed by atoms with Crippen LogP contribution in [0.1, 0.15) is 23.7 Å². The number of hydrogen-bond acceptors (Lipinski definition) is 3. The molecular weight excluding hydrogens is 192 g/mol. The van der Waals surface area contributed by atoms with Crippen LogP contribution in [0.4, 0.5) is 0 Å². The van der Waals surface area contributed by atoms with Crippen molar-refractivity contribution in [3.63, 3.8) is 0 Å². The standard InChI is InChI=1S/C11H10N2O2/c1-7(14)4-11(15)8-2-3-9-10(5-8)13-6-12-9/h2-3,5-6H,4H2,1H3,(H,12,13). The summed E-state index contributed by atoms with van der Waals surface area (Å²) in [6.07, 6.45) is 1.53. The molecule has 0 aliphatic rings. The van der Waals surface area contributed by atoms with E-state index < -0.39 is 0 Å². The van der Waals surface area contributed by atoms with E-state index in [1.165, 1.54) is 6.92 Å². The van der Waals surface area contributed by atoms with E-state index in [4.69, 9.17) is 0 Å². The number of benzene rings is 1. The van der Waals surface area contributed by atoms with E-state index in [1.54, 1.807) is 24.5 Å². The van der Waals surface area contributed by atoms with Gasteiger partial charge in [0.15, 0.2) is 5.78 Å². The van der Waals surface area contributed by atoms with E-state index in [9.17, 15) is 9.59 Å². The lowest BCUT2D eigenvalue weighted by atomic mass is 10.1. The summed E-state index contributed by atoms with van der Waals surface area (Å²) in [6.45, 7) is 1.41. The van der Waals surface area contributed by atoms with Crippen molar-refractivity contribution in [3.05, 3.63) is 30.1 Å². The topological polar surface area (TPSA) is 62.8 Å². The molecule has 0 fully saturated rings. The van der Waals surface area contributed by atoms with Gasteiger partial charge in [0.1, 0.15) is 5.78 Å². The number of Topliss-reactive ketones (excluding diaryl/α,β-unsaturated/α-hetero) is 2. The number of fused-ring (bicyclic) bond motifs is 1. The summed E-state index contributed by atoms with van der Waals surface area (Å²) in [5.74, 6) is -0.274. The lowest BCUT2D eigenvalue weighted by molar-refractivity contribution is -0.116. The molecule has 2 rings (SSSR count). The van der Waals surface area contributed by atoms with Crippen molar-refractivity contribution in [2.75, 3.05) is 0 Å². The molecule has 0 unspecified atom stereocenters.